The van der Waals surface area contributed by atoms with E-state index in [0.717, 1.165) is 66.1 Å². The van der Waals surface area contributed by atoms with Crippen molar-refractivity contribution < 1.29 is 18.4 Å². The minimum atomic E-state index is -0.401. The molecule has 1 aliphatic heterocycles. The molecule has 1 aliphatic rings. The zero-order chi connectivity index (χ0) is 24.4. The number of nitrogens with one attached hydrogen (secondary N) is 1. The zero-order valence-electron chi connectivity index (χ0n) is 20.2. The lowest BCUT2D eigenvalue weighted by atomic mass is 9.98. The Morgan fingerprint density at radius 2 is 1.74 bits per heavy atom. The molecular weight excluding hydrogens is 444 g/mol. The number of carbonyl (C=O) groups is 1. The third-order valence-electron chi connectivity index (χ3n) is 6.79. The van der Waals surface area contributed by atoms with Crippen LogP contribution in [0.15, 0.2) is 56.1 Å². The maximum atomic E-state index is 12.8. The summed E-state index contributed by atoms with van der Waals surface area (Å²) in [7, 11) is 0. The highest BCUT2D eigenvalue weighted by Gasteiger charge is 2.18. The maximum Gasteiger partial charge on any atom is 0.339 e. The maximum absolute atomic E-state index is 12.8. The van der Waals surface area contributed by atoms with Crippen LogP contribution in [0.3, 0.4) is 0 Å². The van der Waals surface area contributed by atoms with Gasteiger partial charge in [-0.15, -0.1) is 0 Å². The summed E-state index contributed by atoms with van der Waals surface area (Å²) < 4.78 is 17.0. The number of amides is 1. The van der Waals surface area contributed by atoms with Gasteiger partial charge in [-0.1, -0.05) is 30.3 Å². The summed E-state index contributed by atoms with van der Waals surface area (Å²) in [5.74, 6) is 0.750. The number of morpholine rings is 1. The topological polar surface area (TPSA) is 84.9 Å². The molecule has 0 saturated carbocycles. The number of aryl methyl sites for hydroxylation is 2. The highest BCUT2D eigenvalue weighted by atomic mass is 16.5. The summed E-state index contributed by atoms with van der Waals surface area (Å²) in [6.45, 7) is 8.52. The van der Waals surface area contributed by atoms with Gasteiger partial charge < -0.3 is 18.9 Å². The summed E-state index contributed by atoms with van der Waals surface area (Å²) in [5.41, 5.74) is 4.28. The molecular formula is C28H30N2O5. The van der Waals surface area contributed by atoms with Crippen molar-refractivity contribution in [2.75, 3.05) is 39.4 Å². The predicted octanol–water partition coefficient (Wildman–Crippen LogP) is 4.20. The van der Waals surface area contributed by atoms with Crippen molar-refractivity contribution >= 4 is 27.8 Å². The fourth-order valence-electron chi connectivity index (χ4n) is 4.86. The molecule has 3 heterocycles. The molecule has 2 aromatic heterocycles. The minimum Gasteiger partial charge on any atom is -0.461 e. The molecule has 4 aromatic rings. The molecule has 1 N–H and O–H groups in total. The van der Waals surface area contributed by atoms with E-state index in [1.807, 2.05) is 38.1 Å². The lowest BCUT2D eigenvalue weighted by Crippen LogP contribution is -2.41. The van der Waals surface area contributed by atoms with Crippen molar-refractivity contribution in [2.24, 2.45) is 0 Å². The fourth-order valence-corrected chi connectivity index (χ4v) is 4.86. The van der Waals surface area contributed by atoms with Crippen molar-refractivity contribution in [3.8, 4) is 11.1 Å². The summed E-state index contributed by atoms with van der Waals surface area (Å²) in [6, 6.07) is 13.9. The molecule has 0 bridgehead atoms. The second-order valence-electron chi connectivity index (χ2n) is 9.04. The molecule has 1 fully saturated rings. The summed E-state index contributed by atoms with van der Waals surface area (Å²) in [6.07, 6.45) is 0.573. The number of hydrogen-bond acceptors (Lipinski definition) is 6. The van der Waals surface area contributed by atoms with E-state index in [2.05, 4.69) is 22.3 Å². The minimum absolute atomic E-state index is 0.0653. The summed E-state index contributed by atoms with van der Waals surface area (Å²) >= 11 is 0. The smallest absolute Gasteiger partial charge is 0.339 e. The van der Waals surface area contributed by atoms with E-state index in [1.54, 1.807) is 6.07 Å². The Hall–Kier alpha value is -3.42. The van der Waals surface area contributed by atoms with Crippen LogP contribution in [-0.2, 0) is 16.0 Å². The molecule has 0 aliphatic carbocycles. The Labute approximate surface area is 203 Å². The van der Waals surface area contributed by atoms with E-state index in [4.69, 9.17) is 13.6 Å². The van der Waals surface area contributed by atoms with E-state index < -0.39 is 5.63 Å². The number of furan rings is 1. The molecule has 2 aromatic carbocycles. The van der Waals surface area contributed by atoms with Gasteiger partial charge >= 0.3 is 5.63 Å². The number of rotatable bonds is 7. The first-order valence-corrected chi connectivity index (χ1v) is 12.1. The van der Waals surface area contributed by atoms with Gasteiger partial charge in [-0.2, -0.15) is 0 Å². The summed E-state index contributed by atoms with van der Waals surface area (Å²) in [4.78, 5) is 27.5. The Balaban J connectivity index is 1.36. The molecule has 35 heavy (non-hydrogen) atoms. The lowest BCUT2D eigenvalue weighted by Gasteiger charge is -2.26. The number of benzene rings is 2. The Kier molecular flexibility index (Phi) is 6.70. The van der Waals surface area contributed by atoms with Crippen LogP contribution in [0.2, 0.25) is 0 Å². The van der Waals surface area contributed by atoms with E-state index >= 15 is 0 Å². The van der Waals surface area contributed by atoms with E-state index in [1.165, 1.54) is 0 Å². The van der Waals surface area contributed by atoms with Gasteiger partial charge in [0.05, 0.1) is 13.2 Å². The van der Waals surface area contributed by atoms with Crippen molar-refractivity contribution in [1.29, 1.82) is 0 Å². The van der Waals surface area contributed by atoms with E-state index in [0.29, 0.717) is 29.7 Å². The number of carbonyl (C=O) groups excluding carboxylic acids is 1. The van der Waals surface area contributed by atoms with Crippen LogP contribution in [0.5, 0.6) is 0 Å². The van der Waals surface area contributed by atoms with Crippen molar-refractivity contribution in [2.45, 2.75) is 26.7 Å². The van der Waals surface area contributed by atoms with Gasteiger partial charge in [-0.3, -0.25) is 9.69 Å². The summed E-state index contributed by atoms with van der Waals surface area (Å²) in [5, 5.41) is 4.80. The molecule has 182 valence electrons. The second-order valence-corrected chi connectivity index (χ2v) is 9.04. The Morgan fingerprint density at radius 3 is 2.51 bits per heavy atom. The first-order valence-electron chi connectivity index (χ1n) is 12.1. The predicted molar refractivity (Wildman–Crippen MR) is 136 cm³/mol. The van der Waals surface area contributed by atoms with Gasteiger partial charge in [0.1, 0.15) is 16.9 Å². The molecule has 5 rings (SSSR count). The average Bonchev–Trinajstić information content (AvgIpc) is 3.18. The van der Waals surface area contributed by atoms with E-state index in [9.17, 15) is 9.59 Å². The fraction of sp³-hybridized carbons (Fsp3) is 0.357. The standard InChI is InChI=1S/C28H30N2O5/c1-18-21(8-9-26(31)29-10-11-30-12-14-33-15-13-30)28(32)35-24-17-25-23(16-22(18)24)27(19(2)34-25)20-6-4-3-5-7-20/h3-7,16-17H,8-15H2,1-2H3,(H,29,31). The molecule has 1 saturated heterocycles. The van der Waals surface area contributed by atoms with Gasteiger partial charge in [0.15, 0.2) is 0 Å². The zero-order valence-corrected chi connectivity index (χ0v) is 20.2. The molecule has 7 nitrogen and oxygen atoms in total. The number of hydrogen-bond donors (Lipinski definition) is 1. The van der Waals surface area contributed by atoms with Gasteiger partial charge in [-0.05, 0) is 37.5 Å². The Morgan fingerprint density at radius 1 is 1.00 bits per heavy atom. The monoisotopic (exact) mass is 474 g/mol. The van der Waals surface area contributed by atoms with Crippen LogP contribution in [0.1, 0.15) is 23.3 Å². The average molecular weight is 475 g/mol. The van der Waals surface area contributed by atoms with Crippen LogP contribution < -0.4 is 10.9 Å². The van der Waals surface area contributed by atoms with Crippen LogP contribution in [-0.4, -0.2) is 50.2 Å². The molecule has 0 unspecified atom stereocenters. The largest absolute Gasteiger partial charge is 0.461 e. The van der Waals surface area contributed by atoms with Gasteiger partial charge in [-0.25, -0.2) is 4.79 Å². The van der Waals surface area contributed by atoms with Crippen LogP contribution in [0.4, 0.5) is 0 Å². The normalized spacial score (nSPS) is 14.6. The molecule has 7 heteroatoms. The van der Waals surface area contributed by atoms with E-state index in [-0.39, 0.29) is 12.3 Å². The molecule has 0 radical (unpaired) electrons. The van der Waals surface area contributed by atoms with Gasteiger partial charge in [0.2, 0.25) is 5.91 Å². The highest BCUT2D eigenvalue weighted by Crippen LogP contribution is 2.37. The SMILES string of the molecule is Cc1oc2cc3oc(=O)c(CCC(=O)NCCN4CCOCC4)c(C)c3cc2c1-c1ccccc1. The molecule has 0 spiro atoms. The lowest BCUT2D eigenvalue weighted by molar-refractivity contribution is -0.121. The van der Waals surface area contributed by atoms with Crippen LogP contribution in [0, 0.1) is 13.8 Å². The third-order valence-corrected chi connectivity index (χ3v) is 6.79. The first kappa shape index (κ1) is 23.3. The van der Waals surface area contributed by atoms with Crippen LogP contribution >= 0.6 is 0 Å². The van der Waals surface area contributed by atoms with Gasteiger partial charge in [0.25, 0.3) is 0 Å². The van der Waals surface area contributed by atoms with Crippen molar-refractivity contribution in [3.05, 3.63) is 69.8 Å². The van der Waals surface area contributed by atoms with Crippen molar-refractivity contribution in [1.82, 2.24) is 10.2 Å². The number of ether oxygens (including phenoxy) is 1. The van der Waals surface area contributed by atoms with Crippen LogP contribution in [0.25, 0.3) is 33.1 Å². The van der Waals surface area contributed by atoms with Gasteiger partial charge in [0, 0.05) is 60.6 Å². The second kappa shape index (κ2) is 10.1. The van der Waals surface area contributed by atoms with Crippen molar-refractivity contribution in [3.63, 3.8) is 0 Å². The molecule has 1 amide bonds. The highest BCUT2D eigenvalue weighted by molar-refractivity contribution is 6.03. The molecule has 0 atom stereocenters. The first-order chi connectivity index (χ1) is 17.0. The Bertz CT molecular complexity index is 1410. The quantitative estimate of drug-likeness (QED) is 0.404. The number of fused-ring (bicyclic) bond motifs is 2. The number of nitrogens with zero attached hydrogens (tertiary/aromatic N) is 1. The third kappa shape index (κ3) is 4.88.